The number of carbonyl (C=O) groups is 4. The summed E-state index contributed by atoms with van der Waals surface area (Å²) in [6, 6.07) is 0. The van der Waals surface area contributed by atoms with Crippen LogP contribution in [0, 0.1) is 11.3 Å². The van der Waals surface area contributed by atoms with Crippen LogP contribution in [-0.2, 0) is 28.5 Å². The number of nitrogens with one attached hydrogen (secondary N) is 2. The van der Waals surface area contributed by atoms with Gasteiger partial charge >= 0.3 is 24.1 Å². The maximum Gasteiger partial charge on any atom is 0.407 e. The van der Waals surface area contributed by atoms with Crippen LogP contribution in [0.3, 0.4) is 0 Å². The van der Waals surface area contributed by atoms with Gasteiger partial charge in [0.25, 0.3) is 0 Å². The molecular weight excluding hydrogens is 558 g/mol. The van der Waals surface area contributed by atoms with Gasteiger partial charge in [0.15, 0.2) is 0 Å². The van der Waals surface area contributed by atoms with E-state index in [9.17, 15) is 19.2 Å². The van der Waals surface area contributed by atoms with E-state index in [1.165, 1.54) is 0 Å². The predicted molar refractivity (Wildman–Crippen MR) is 147 cm³/mol. The molecule has 2 atom stereocenters. The molecular formula is C23H35N11O8. The fourth-order valence-electron chi connectivity index (χ4n) is 3.29. The summed E-state index contributed by atoms with van der Waals surface area (Å²) in [4.78, 5) is 54.9. The van der Waals surface area contributed by atoms with Crippen LogP contribution in [0.2, 0.25) is 0 Å². The van der Waals surface area contributed by atoms with E-state index in [4.69, 9.17) is 35.5 Å². The molecule has 0 spiro atoms. The first-order valence-corrected chi connectivity index (χ1v) is 12.5. The Balaban J connectivity index is 4.42. The van der Waals surface area contributed by atoms with Crippen molar-refractivity contribution in [1.82, 2.24) is 10.6 Å². The molecule has 19 nitrogen and oxygen atoms in total. The molecule has 2 unspecified atom stereocenters. The normalized spacial score (nSPS) is 11.9. The van der Waals surface area contributed by atoms with Crippen molar-refractivity contribution in [2.45, 2.75) is 26.7 Å². The Labute approximate surface area is 241 Å². The number of hydrogen-bond acceptors (Lipinski definition) is 11. The van der Waals surface area contributed by atoms with Crippen molar-refractivity contribution in [3.63, 3.8) is 0 Å². The van der Waals surface area contributed by atoms with E-state index in [1.807, 2.05) is 13.8 Å². The van der Waals surface area contributed by atoms with Crippen molar-refractivity contribution >= 4 is 24.1 Å². The fraction of sp³-hybridized carbons (Fsp3) is 0.652. The van der Waals surface area contributed by atoms with Crippen molar-refractivity contribution in [2.75, 3.05) is 59.2 Å². The van der Waals surface area contributed by atoms with Crippen LogP contribution in [0.4, 0.5) is 9.59 Å². The second-order valence-corrected chi connectivity index (χ2v) is 9.10. The third kappa shape index (κ3) is 18.2. The summed E-state index contributed by atoms with van der Waals surface area (Å²) in [5.41, 5.74) is 24.6. The zero-order valence-corrected chi connectivity index (χ0v) is 23.6. The number of esters is 2. The van der Waals surface area contributed by atoms with Crippen molar-refractivity contribution in [3.05, 3.63) is 55.6 Å². The van der Waals surface area contributed by atoms with Gasteiger partial charge in [0.1, 0.15) is 26.4 Å². The van der Waals surface area contributed by atoms with E-state index in [0.29, 0.717) is 12.8 Å². The van der Waals surface area contributed by atoms with Gasteiger partial charge < -0.3 is 29.6 Å². The largest absolute Gasteiger partial charge is 0.459 e. The quantitative estimate of drug-likeness (QED) is 0.0372. The van der Waals surface area contributed by atoms with Gasteiger partial charge in [-0.05, 0) is 40.8 Å². The third-order valence-corrected chi connectivity index (χ3v) is 5.28. The first kappa shape index (κ1) is 36.9. The molecule has 0 bridgehead atoms. The van der Waals surface area contributed by atoms with E-state index < -0.39 is 29.5 Å². The number of amides is 2. The number of nitrogens with zero attached hydrogens (tertiary/aromatic N) is 9. The van der Waals surface area contributed by atoms with E-state index >= 15 is 0 Å². The molecule has 230 valence electrons. The molecule has 0 aromatic heterocycles. The van der Waals surface area contributed by atoms with Crippen molar-refractivity contribution in [1.29, 1.82) is 0 Å². The van der Waals surface area contributed by atoms with Gasteiger partial charge in [-0.3, -0.25) is 0 Å². The summed E-state index contributed by atoms with van der Waals surface area (Å²) in [6.45, 7) is 9.84. The molecule has 42 heavy (non-hydrogen) atoms. The number of hydrogen-bond donors (Lipinski definition) is 2. The molecule has 0 heterocycles. The zero-order chi connectivity index (χ0) is 31.8. The van der Waals surface area contributed by atoms with Crippen LogP contribution >= 0.6 is 0 Å². The summed E-state index contributed by atoms with van der Waals surface area (Å²) in [5.74, 6) is -1.62. The highest BCUT2D eigenvalue weighted by Gasteiger charge is 2.26. The standard InChI is InChI=1S/C23H35N11O8/c1-16(12-28-22(38)42-10-8-40-20(36)18(3)14-30-33-25)11-23(4,15-31-34-26)5-6-27-21(37)41-9-7-39-19(35)17(2)13-29-32-24/h16H,2-3,5-15H2,1,4H3,(H,27,37)(H,28,38). The highest BCUT2D eigenvalue weighted by atomic mass is 16.6. The molecule has 2 amide bonds. The average Bonchev–Trinajstić information content (AvgIpc) is 2.96. The molecule has 19 heteroatoms. The van der Waals surface area contributed by atoms with Crippen LogP contribution in [0.15, 0.2) is 39.6 Å². The highest BCUT2D eigenvalue weighted by molar-refractivity contribution is 5.88. The number of rotatable bonds is 21. The minimum absolute atomic E-state index is 0.0344. The number of alkyl carbamates (subject to hydrolysis) is 2. The number of ether oxygens (including phenoxy) is 4. The number of carbonyl (C=O) groups excluding carboxylic acids is 4. The van der Waals surface area contributed by atoms with E-state index in [2.05, 4.69) is 53.9 Å². The Kier molecular flexibility index (Phi) is 19.0. The maximum absolute atomic E-state index is 11.9. The predicted octanol–water partition coefficient (Wildman–Crippen LogP) is 3.99. The van der Waals surface area contributed by atoms with Gasteiger partial charge in [-0.25, -0.2) is 19.2 Å². The first-order valence-electron chi connectivity index (χ1n) is 12.5. The Hall–Kier alpha value is -5.11. The first-order chi connectivity index (χ1) is 20.0. The van der Waals surface area contributed by atoms with Crippen molar-refractivity contribution in [2.24, 2.45) is 26.7 Å². The molecule has 0 radical (unpaired) electrons. The van der Waals surface area contributed by atoms with Crippen molar-refractivity contribution < 1.29 is 38.1 Å². The SMILES string of the molecule is C=C(CN=[N+]=[N-])C(=O)OCCOC(=O)NCCC(C)(CN=[N+]=[N-])CC(C)CNC(=O)OCCOC(=O)C(=C)CN=[N+]=[N-]. The summed E-state index contributed by atoms with van der Waals surface area (Å²) < 4.78 is 19.6. The average molecular weight is 594 g/mol. The Morgan fingerprint density at radius 3 is 1.71 bits per heavy atom. The fourth-order valence-corrected chi connectivity index (χ4v) is 3.29. The molecule has 0 aromatic rings. The van der Waals surface area contributed by atoms with Gasteiger partial charge in [-0.2, -0.15) is 0 Å². The Bertz CT molecular complexity index is 1110. The summed E-state index contributed by atoms with van der Waals surface area (Å²) in [7, 11) is 0. The van der Waals surface area contributed by atoms with E-state index in [1.54, 1.807) is 0 Å². The molecule has 0 aromatic carbocycles. The van der Waals surface area contributed by atoms with Gasteiger partial charge in [0, 0.05) is 45.5 Å². The Morgan fingerprint density at radius 1 is 0.786 bits per heavy atom. The van der Waals surface area contributed by atoms with Gasteiger partial charge in [0.05, 0.1) is 13.1 Å². The summed E-state index contributed by atoms with van der Waals surface area (Å²) in [5, 5.41) is 15.2. The molecule has 0 aliphatic rings. The summed E-state index contributed by atoms with van der Waals surface area (Å²) in [6.07, 6.45) is -0.532. The molecule has 0 fully saturated rings. The van der Waals surface area contributed by atoms with Crippen LogP contribution in [0.5, 0.6) is 0 Å². The minimum atomic E-state index is -0.774. The zero-order valence-electron chi connectivity index (χ0n) is 23.6. The van der Waals surface area contributed by atoms with Gasteiger partial charge in [-0.1, -0.05) is 42.3 Å². The lowest BCUT2D eigenvalue weighted by atomic mass is 9.78. The van der Waals surface area contributed by atoms with Crippen LogP contribution < -0.4 is 10.6 Å². The maximum atomic E-state index is 11.9. The second-order valence-electron chi connectivity index (χ2n) is 9.10. The lowest BCUT2D eigenvalue weighted by Crippen LogP contribution is -2.35. The monoisotopic (exact) mass is 593 g/mol. The van der Waals surface area contributed by atoms with Crippen molar-refractivity contribution in [3.8, 4) is 0 Å². The topological polar surface area (TPSA) is 276 Å². The van der Waals surface area contributed by atoms with Gasteiger partial charge in [-0.15, -0.1) is 0 Å². The highest BCUT2D eigenvalue weighted by Crippen LogP contribution is 2.30. The van der Waals surface area contributed by atoms with E-state index in [0.717, 1.165) is 0 Å². The minimum Gasteiger partial charge on any atom is -0.459 e. The molecule has 0 rings (SSSR count). The molecule has 0 saturated carbocycles. The molecule has 2 N–H and O–H groups in total. The second kappa shape index (κ2) is 21.7. The lowest BCUT2D eigenvalue weighted by molar-refractivity contribution is -0.140. The van der Waals surface area contributed by atoms with Crippen LogP contribution in [0.25, 0.3) is 31.3 Å². The summed E-state index contributed by atoms with van der Waals surface area (Å²) >= 11 is 0. The third-order valence-electron chi connectivity index (χ3n) is 5.28. The van der Waals surface area contributed by atoms with Crippen LogP contribution in [-0.4, -0.2) is 83.3 Å². The Morgan fingerprint density at radius 2 is 1.24 bits per heavy atom. The molecule has 0 aliphatic carbocycles. The lowest BCUT2D eigenvalue weighted by Gasteiger charge is -2.31. The molecule has 0 saturated heterocycles. The van der Waals surface area contributed by atoms with Gasteiger partial charge in [0.2, 0.25) is 0 Å². The van der Waals surface area contributed by atoms with Crippen LogP contribution in [0.1, 0.15) is 26.7 Å². The number of azide groups is 3. The smallest absolute Gasteiger partial charge is 0.407 e. The molecule has 0 aliphatic heterocycles. The van der Waals surface area contributed by atoms with E-state index in [-0.39, 0.29) is 76.2 Å².